The quantitative estimate of drug-likeness (QED) is 0.0498. The highest BCUT2D eigenvalue weighted by molar-refractivity contribution is 7.23. The van der Waals surface area contributed by atoms with Gasteiger partial charge in [-0.3, -0.25) is 9.59 Å². The molecule has 24 heteroatoms. The van der Waals surface area contributed by atoms with E-state index in [1.807, 2.05) is 51.0 Å². The molecule has 0 spiro atoms. The topological polar surface area (TPSA) is 199 Å². The Hall–Kier alpha value is -8.40. The van der Waals surface area contributed by atoms with Crippen LogP contribution in [0.25, 0.3) is 54.5 Å². The second-order valence-corrected chi connectivity index (χ2v) is 23.9. The number of rotatable bonds is 15. The van der Waals surface area contributed by atoms with Gasteiger partial charge in [-0.1, -0.05) is 73.7 Å². The number of anilines is 2. The van der Waals surface area contributed by atoms with Crippen molar-refractivity contribution in [2.45, 2.75) is 122 Å². The van der Waals surface area contributed by atoms with Gasteiger partial charge in [-0.15, -0.1) is 16.4 Å². The molecule has 0 radical (unpaired) electrons. The zero-order chi connectivity index (χ0) is 62.6. The molecule has 16 nitrogen and oxygen atoms in total. The molecule has 4 saturated heterocycles. The van der Waals surface area contributed by atoms with Crippen LogP contribution in [0.3, 0.4) is 0 Å². The van der Waals surface area contributed by atoms with E-state index in [0.29, 0.717) is 74.6 Å². The fraction of sp³-hybridized carbons (Fsp3) is 0.391. The van der Waals surface area contributed by atoms with E-state index < -0.39 is 46.1 Å². The summed E-state index contributed by atoms with van der Waals surface area (Å²) in [5, 5.41) is 25.1. The highest BCUT2D eigenvalue weighted by atomic mass is 32.1. The number of halogens is 7. The molecule has 4 N–H and O–H groups in total. The molecule has 2 bridgehead atoms. The molecule has 4 aliphatic rings. The predicted octanol–water partition coefficient (Wildman–Crippen LogP) is 12.9. The number of carbonyl (C=O) groups excluding carboxylic acids is 2. The smallest absolute Gasteiger partial charge is 0.417 e. The van der Waals surface area contributed by atoms with Crippen LogP contribution in [-0.2, 0) is 27.1 Å². The number of hydrogen-bond acceptors (Lipinski definition) is 14. The molecular weight excluding hydrogens is 1170 g/mol. The van der Waals surface area contributed by atoms with E-state index in [2.05, 4.69) is 48.6 Å². The van der Waals surface area contributed by atoms with E-state index in [-0.39, 0.29) is 91.3 Å². The van der Waals surface area contributed by atoms with Gasteiger partial charge in [-0.25, -0.2) is 22.2 Å². The number of nitrogens with one attached hydrogen (secondary N) is 2. The van der Waals surface area contributed by atoms with E-state index in [0.717, 1.165) is 72.5 Å². The number of carbonyl (C=O) groups is 2. The average Bonchev–Trinajstić information content (AvgIpc) is 1.20. The first-order valence-corrected chi connectivity index (χ1v) is 30.0. The summed E-state index contributed by atoms with van der Waals surface area (Å²) in [7, 11) is 0. The summed E-state index contributed by atoms with van der Waals surface area (Å²) >= 11 is 0.804. The van der Waals surface area contributed by atoms with Crippen molar-refractivity contribution in [3.05, 3.63) is 131 Å². The number of likely N-dealkylation sites (tertiary alicyclic amines) is 1. The van der Waals surface area contributed by atoms with Crippen LogP contribution in [0.5, 0.6) is 11.8 Å². The summed E-state index contributed by atoms with van der Waals surface area (Å²) in [6.45, 7) is 13.0. The maximum absolute atomic E-state index is 15.7. The lowest BCUT2D eigenvalue weighted by Crippen LogP contribution is -2.51. The first-order chi connectivity index (χ1) is 42.2. The van der Waals surface area contributed by atoms with Crippen molar-refractivity contribution in [3.8, 4) is 51.3 Å². The molecule has 8 aromatic rings. The van der Waals surface area contributed by atoms with Crippen LogP contribution < -0.4 is 30.7 Å². The van der Waals surface area contributed by atoms with Gasteiger partial charge in [0.15, 0.2) is 17.4 Å². The van der Waals surface area contributed by atoms with E-state index in [4.69, 9.17) is 29.9 Å². The lowest BCUT2D eigenvalue weighted by atomic mass is 9.92. The minimum atomic E-state index is -4.94. The first kappa shape index (κ1) is 62.6. The third-order valence-electron chi connectivity index (χ3n) is 16.7. The number of thiophene rings is 1. The molecule has 2 amide bonds. The highest BCUT2D eigenvalue weighted by Crippen LogP contribution is 2.52. The van der Waals surface area contributed by atoms with E-state index in [1.165, 1.54) is 31.0 Å². The number of fused-ring (bicyclic) bond motifs is 4. The van der Waals surface area contributed by atoms with Crippen molar-refractivity contribution in [3.63, 3.8) is 0 Å². The summed E-state index contributed by atoms with van der Waals surface area (Å²) in [5.41, 5.74) is 7.38. The molecular formula is C64H66F7N11O5S. The molecule has 4 fully saturated rings. The fourth-order valence-corrected chi connectivity index (χ4v) is 12.4. The second kappa shape index (κ2) is 26.9. The lowest BCUT2D eigenvalue weighted by Gasteiger charge is -2.35. The highest BCUT2D eigenvalue weighted by Gasteiger charge is 2.41. The van der Waals surface area contributed by atoms with E-state index >= 15 is 17.6 Å². The SMILES string of the molecule is CC(C)C(C)n1cc(-c2ccc(COc3c(-c4ccc(F)c5sc(N)c(C#N)c45)c(C(F)(F)F)cc4c(N5CC6CCC(C5)N6)nc(OC5CCOCC5)nc34)cc2)nn1.CC(NC=O)c1ccc(-c2c(F)ccc(F)c2F)cc1.CC1CCCN1C=O. The van der Waals surface area contributed by atoms with Crippen molar-refractivity contribution >= 4 is 56.0 Å². The second-order valence-electron chi connectivity index (χ2n) is 22.8. The zero-order valence-electron chi connectivity index (χ0n) is 49.0. The van der Waals surface area contributed by atoms with Crippen LogP contribution >= 0.6 is 11.3 Å². The molecule has 0 saturated carbocycles. The van der Waals surface area contributed by atoms with Gasteiger partial charge in [0.2, 0.25) is 12.8 Å². The number of benzene rings is 5. The van der Waals surface area contributed by atoms with Gasteiger partial charge >= 0.3 is 12.2 Å². The molecule has 4 aliphatic heterocycles. The number of nitrogen functional groups attached to an aromatic ring is 1. The molecule has 3 aromatic heterocycles. The van der Waals surface area contributed by atoms with Crippen LogP contribution in [0.15, 0.2) is 85.1 Å². The number of nitriles is 1. The van der Waals surface area contributed by atoms with Gasteiger partial charge in [0, 0.05) is 72.5 Å². The van der Waals surface area contributed by atoms with Crippen LogP contribution in [0, 0.1) is 40.5 Å². The van der Waals surface area contributed by atoms with Crippen molar-refractivity contribution in [1.29, 1.82) is 5.26 Å². The molecule has 7 heterocycles. The number of alkyl halides is 3. The first-order valence-electron chi connectivity index (χ1n) is 29.2. The largest absolute Gasteiger partial charge is 0.486 e. The fourth-order valence-electron chi connectivity index (χ4n) is 11.4. The molecule has 12 rings (SSSR count). The minimum Gasteiger partial charge on any atom is -0.486 e. The van der Waals surface area contributed by atoms with Gasteiger partial charge in [0.1, 0.15) is 52.4 Å². The molecule has 5 atom stereocenters. The number of piperazine rings is 1. The zero-order valence-corrected chi connectivity index (χ0v) is 49.8. The van der Waals surface area contributed by atoms with Crippen molar-refractivity contribution in [2.75, 3.05) is 43.5 Å². The molecule has 0 aliphatic carbocycles. The Morgan fingerprint density at radius 3 is 2.18 bits per heavy atom. The number of hydrogen-bond donors (Lipinski definition) is 3. The molecule has 5 unspecified atom stereocenters. The summed E-state index contributed by atoms with van der Waals surface area (Å²) in [4.78, 5) is 34.0. The summed E-state index contributed by atoms with van der Waals surface area (Å²) in [6, 6.07) is 21.3. The van der Waals surface area contributed by atoms with E-state index in [1.54, 1.807) is 19.1 Å². The molecule has 88 heavy (non-hydrogen) atoms. The van der Waals surface area contributed by atoms with Gasteiger partial charge in [0.25, 0.3) is 0 Å². The van der Waals surface area contributed by atoms with Crippen molar-refractivity contribution in [2.24, 2.45) is 5.92 Å². The molecule has 5 aromatic carbocycles. The number of nitrogens with two attached hydrogens (primary N) is 1. The Morgan fingerprint density at radius 1 is 0.875 bits per heavy atom. The Bertz CT molecular complexity index is 3840. The third kappa shape index (κ3) is 13.5. The Balaban J connectivity index is 0.000000250. The predicted molar refractivity (Wildman–Crippen MR) is 321 cm³/mol. The Labute approximate surface area is 507 Å². The summed E-state index contributed by atoms with van der Waals surface area (Å²) in [6.07, 6.45) is 3.57. The van der Waals surface area contributed by atoms with Crippen molar-refractivity contribution < 1.29 is 54.5 Å². The van der Waals surface area contributed by atoms with E-state index in [9.17, 15) is 28.0 Å². The maximum Gasteiger partial charge on any atom is 0.417 e. The Morgan fingerprint density at radius 2 is 1.56 bits per heavy atom. The van der Waals surface area contributed by atoms with Gasteiger partial charge in [-0.2, -0.15) is 28.4 Å². The van der Waals surface area contributed by atoms with Crippen molar-refractivity contribution in [1.82, 2.24) is 40.5 Å². The van der Waals surface area contributed by atoms with Crippen LogP contribution in [0.2, 0.25) is 0 Å². The third-order valence-corrected chi connectivity index (χ3v) is 17.7. The van der Waals surface area contributed by atoms with Gasteiger partial charge in [-0.05, 0) is 98.9 Å². The minimum absolute atomic E-state index is 0.00299. The van der Waals surface area contributed by atoms with Crippen LogP contribution in [0.4, 0.5) is 41.6 Å². The average molecular weight is 1230 g/mol. The number of amides is 2. The van der Waals surface area contributed by atoms with Gasteiger partial charge < -0.3 is 40.4 Å². The Kier molecular flexibility index (Phi) is 19.2. The van der Waals surface area contributed by atoms with Gasteiger partial charge in [0.05, 0.1) is 52.9 Å². The summed E-state index contributed by atoms with van der Waals surface area (Å²) in [5.74, 6) is -3.41. The number of nitrogens with zero attached hydrogens (tertiary/aromatic N) is 8. The monoisotopic (exact) mass is 1230 g/mol. The number of ether oxygens (including phenoxy) is 3. The molecule has 462 valence electrons. The van der Waals surface area contributed by atoms with Crippen LogP contribution in [-0.4, -0.2) is 99.8 Å². The summed E-state index contributed by atoms with van der Waals surface area (Å²) < 4.78 is 123. The maximum atomic E-state index is 15.7. The standard InChI is InChI=1S/C43H43F4N9O3S.C15H12F3NO.C6H11NO/c1-22(2)23(3)56-20-34(53-54-56)25-6-4-24(5-7-25)21-58-38-36(29-10-11-33(44)39-35(29)31(17-48)40(49)60-39)32(43(45,46)47)16-30-37(38)51-42(59-28-12-14-57-15-13-28)52-41(30)55-18-26-8-9-27(19-55)50-26;1-9(19-8-20)10-2-4-11(5-3-10)14-12(16)6-7-13(17)15(14)18;1-6-3-2-4-7(6)5-8/h4-7,10-11,16,20,22-23,26-28,50H,8-9,12-15,18-19,21,49H2,1-3H3;2-9H,1H3,(H,19,20);5-6H,2-4H2,1H3. The number of aromatic nitrogens is 5. The van der Waals surface area contributed by atoms with Crippen LogP contribution in [0.1, 0.15) is 107 Å². The normalized spacial score (nSPS) is 18.3. The lowest BCUT2D eigenvalue weighted by molar-refractivity contribution is -0.137.